The number of esters is 1. The van der Waals surface area contributed by atoms with Gasteiger partial charge in [0.15, 0.2) is 6.61 Å². The molecule has 0 unspecified atom stereocenters. The zero-order valence-electron chi connectivity index (χ0n) is 14.4. The number of carbonyl (C=O) groups excluding carboxylic acids is 3. The monoisotopic (exact) mass is 379 g/mol. The summed E-state index contributed by atoms with van der Waals surface area (Å²) in [5.74, 6) is -1.68. The van der Waals surface area contributed by atoms with Gasteiger partial charge in [-0.3, -0.25) is 19.7 Å². The molecule has 0 aliphatic heterocycles. The summed E-state index contributed by atoms with van der Waals surface area (Å²) in [6.45, 7) is -0.488. The lowest BCUT2D eigenvalue weighted by Crippen LogP contribution is -2.33. The number of rotatable bonds is 6. The van der Waals surface area contributed by atoms with Crippen LogP contribution in [0.1, 0.15) is 15.2 Å². The van der Waals surface area contributed by atoms with Crippen molar-refractivity contribution in [2.45, 2.75) is 6.42 Å². The highest BCUT2D eigenvalue weighted by atomic mass is 32.1. The molecule has 6 heteroatoms. The van der Waals surface area contributed by atoms with Crippen LogP contribution in [0.2, 0.25) is 0 Å². The minimum atomic E-state index is -0.652. The highest BCUT2D eigenvalue weighted by Gasteiger charge is 2.13. The molecule has 1 aromatic heterocycles. The van der Waals surface area contributed by atoms with E-state index in [1.165, 1.54) is 11.3 Å². The quantitative estimate of drug-likeness (QED) is 0.666. The first kappa shape index (κ1) is 18.5. The lowest BCUT2D eigenvalue weighted by molar-refractivity contribution is -0.147. The van der Waals surface area contributed by atoms with Gasteiger partial charge in [-0.2, -0.15) is 0 Å². The van der Waals surface area contributed by atoms with Gasteiger partial charge in [-0.05, 0) is 28.1 Å². The fraction of sp³-hybridized carbons (Fsp3) is 0.0952. The lowest BCUT2D eigenvalue weighted by Gasteiger charge is -2.06. The Bertz CT molecular complexity index is 919. The van der Waals surface area contributed by atoms with E-state index in [1.807, 2.05) is 54.6 Å². The molecule has 0 saturated heterocycles. The average Bonchev–Trinajstić information content (AvgIpc) is 3.23. The number of nitrogens with one attached hydrogen (secondary N) is 1. The maximum absolute atomic E-state index is 11.9. The van der Waals surface area contributed by atoms with E-state index in [4.69, 9.17) is 4.74 Å². The second-order valence-corrected chi connectivity index (χ2v) is 6.70. The van der Waals surface area contributed by atoms with Crippen LogP contribution in [0.5, 0.6) is 0 Å². The lowest BCUT2D eigenvalue weighted by atomic mass is 10.0. The van der Waals surface area contributed by atoms with Crippen LogP contribution in [0.3, 0.4) is 0 Å². The number of amides is 2. The molecule has 2 amide bonds. The number of imide groups is 1. The molecule has 5 nitrogen and oxygen atoms in total. The van der Waals surface area contributed by atoms with Crippen LogP contribution in [-0.2, 0) is 20.7 Å². The first-order valence-electron chi connectivity index (χ1n) is 8.29. The second kappa shape index (κ2) is 8.91. The van der Waals surface area contributed by atoms with E-state index in [9.17, 15) is 14.4 Å². The van der Waals surface area contributed by atoms with E-state index < -0.39 is 24.4 Å². The first-order chi connectivity index (χ1) is 13.1. The van der Waals surface area contributed by atoms with Crippen LogP contribution in [0.15, 0.2) is 72.1 Å². The highest BCUT2D eigenvalue weighted by molar-refractivity contribution is 7.12. The van der Waals surface area contributed by atoms with Crippen molar-refractivity contribution >= 4 is 29.1 Å². The molecule has 0 fully saturated rings. The summed E-state index contributed by atoms with van der Waals surface area (Å²) in [5, 5.41) is 3.92. The van der Waals surface area contributed by atoms with Gasteiger partial charge in [0.2, 0.25) is 0 Å². The number of hydrogen-bond acceptors (Lipinski definition) is 5. The summed E-state index contributed by atoms with van der Waals surface area (Å²) in [5.41, 5.74) is 2.94. The van der Waals surface area contributed by atoms with Crippen molar-refractivity contribution in [1.29, 1.82) is 0 Å². The van der Waals surface area contributed by atoms with Gasteiger partial charge in [0, 0.05) is 0 Å². The Morgan fingerprint density at radius 1 is 0.852 bits per heavy atom. The number of thiophene rings is 1. The Balaban J connectivity index is 1.46. The third-order valence-electron chi connectivity index (χ3n) is 3.77. The molecule has 0 aliphatic carbocycles. The summed E-state index contributed by atoms with van der Waals surface area (Å²) >= 11 is 1.23. The van der Waals surface area contributed by atoms with E-state index >= 15 is 0 Å². The van der Waals surface area contributed by atoms with Crippen molar-refractivity contribution in [2.24, 2.45) is 0 Å². The Hall–Kier alpha value is -3.25. The molecule has 3 aromatic rings. The van der Waals surface area contributed by atoms with Gasteiger partial charge in [-0.25, -0.2) is 0 Å². The first-order valence-corrected chi connectivity index (χ1v) is 9.17. The molecule has 2 aromatic carbocycles. The Morgan fingerprint density at radius 2 is 1.56 bits per heavy atom. The van der Waals surface area contributed by atoms with Crippen LogP contribution in [0, 0.1) is 0 Å². The molecule has 0 radical (unpaired) electrons. The fourth-order valence-corrected chi connectivity index (χ4v) is 3.06. The Labute approximate surface area is 160 Å². The normalized spacial score (nSPS) is 10.2. The molecule has 0 spiro atoms. The minimum absolute atomic E-state index is 0.0568. The van der Waals surface area contributed by atoms with E-state index in [1.54, 1.807) is 17.5 Å². The predicted octanol–water partition coefficient (Wildman–Crippen LogP) is 3.46. The van der Waals surface area contributed by atoms with Gasteiger partial charge < -0.3 is 4.74 Å². The molecular weight excluding hydrogens is 362 g/mol. The van der Waals surface area contributed by atoms with Crippen molar-refractivity contribution in [3.05, 3.63) is 82.6 Å². The minimum Gasteiger partial charge on any atom is -0.455 e. The van der Waals surface area contributed by atoms with Gasteiger partial charge in [-0.1, -0.05) is 60.7 Å². The summed E-state index contributed by atoms with van der Waals surface area (Å²) in [4.78, 5) is 35.8. The van der Waals surface area contributed by atoms with Gasteiger partial charge in [-0.15, -0.1) is 11.3 Å². The number of hydrogen-bond donors (Lipinski definition) is 1. The standard InChI is InChI=1S/C21H17NO4S/c23-19(22-21(25)18-7-4-12-27-18)14-26-20(24)13-15-8-10-17(11-9-15)16-5-2-1-3-6-16/h1-12H,13-14H2,(H,22,23,25). The van der Waals surface area contributed by atoms with Crippen LogP contribution in [0.25, 0.3) is 11.1 Å². The number of ether oxygens (including phenoxy) is 1. The van der Waals surface area contributed by atoms with E-state index in [0.717, 1.165) is 16.7 Å². The molecule has 0 atom stereocenters. The van der Waals surface area contributed by atoms with Crippen LogP contribution in [0.4, 0.5) is 0 Å². The number of benzene rings is 2. The molecular formula is C21H17NO4S. The summed E-state index contributed by atoms with van der Waals surface area (Å²) in [6.07, 6.45) is 0.0568. The molecule has 27 heavy (non-hydrogen) atoms. The summed E-state index contributed by atoms with van der Waals surface area (Å²) in [7, 11) is 0. The maximum Gasteiger partial charge on any atom is 0.310 e. The Morgan fingerprint density at radius 3 is 2.22 bits per heavy atom. The average molecular weight is 379 g/mol. The van der Waals surface area contributed by atoms with Crippen molar-refractivity contribution < 1.29 is 19.1 Å². The van der Waals surface area contributed by atoms with Gasteiger partial charge in [0.1, 0.15) is 0 Å². The molecule has 0 saturated carbocycles. The van der Waals surface area contributed by atoms with Crippen molar-refractivity contribution in [1.82, 2.24) is 5.32 Å². The summed E-state index contributed by atoms with van der Waals surface area (Å²) < 4.78 is 4.94. The van der Waals surface area contributed by atoms with Gasteiger partial charge >= 0.3 is 5.97 Å². The second-order valence-electron chi connectivity index (χ2n) is 5.76. The zero-order valence-corrected chi connectivity index (χ0v) is 15.2. The van der Waals surface area contributed by atoms with E-state index in [2.05, 4.69) is 5.32 Å². The largest absolute Gasteiger partial charge is 0.455 e. The molecule has 3 rings (SSSR count). The molecule has 136 valence electrons. The highest BCUT2D eigenvalue weighted by Crippen LogP contribution is 2.19. The third kappa shape index (κ3) is 5.36. The van der Waals surface area contributed by atoms with Crippen molar-refractivity contribution in [3.63, 3.8) is 0 Å². The molecule has 0 bridgehead atoms. The van der Waals surface area contributed by atoms with Crippen LogP contribution in [-0.4, -0.2) is 24.4 Å². The topological polar surface area (TPSA) is 72.5 Å². The fourth-order valence-electron chi connectivity index (χ4n) is 2.44. The molecule has 1 N–H and O–H groups in total. The van der Waals surface area contributed by atoms with Gasteiger partial charge in [0.25, 0.3) is 11.8 Å². The number of carbonyl (C=O) groups is 3. The molecule has 1 heterocycles. The van der Waals surface area contributed by atoms with Crippen LogP contribution < -0.4 is 5.32 Å². The smallest absolute Gasteiger partial charge is 0.310 e. The third-order valence-corrected chi connectivity index (χ3v) is 4.64. The summed E-state index contributed by atoms with van der Waals surface area (Å²) in [6, 6.07) is 20.8. The maximum atomic E-state index is 11.9. The van der Waals surface area contributed by atoms with E-state index in [0.29, 0.717) is 4.88 Å². The van der Waals surface area contributed by atoms with Crippen molar-refractivity contribution in [2.75, 3.05) is 6.61 Å². The zero-order chi connectivity index (χ0) is 19.1. The van der Waals surface area contributed by atoms with Crippen LogP contribution >= 0.6 is 11.3 Å². The SMILES string of the molecule is O=C(COC(=O)Cc1ccc(-c2ccccc2)cc1)NC(=O)c1cccs1. The predicted molar refractivity (Wildman–Crippen MR) is 103 cm³/mol. The molecule has 0 aliphatic rings. The van der Waals surface area contributed by atoms with Gasteiger partial charge in [0.05, 0.1) is 11.3 Å². The van der Waals surface area contributed by atoms with E-state index in [-0.39, 0.29) is 6.42 Å². The Kier molecular flexibility index (Phi) is 6.12. The van der Waals surface area contributed by atoms with Crippen molar-refractivity contribution in [3.8, 4) is 11.1 Å².